The van der Waals surface area contributed by atoms with Crippen molar-refractivity contribution >= 4 is 17.2 Å². The predicted molar refractivity (Wildman–Crippen MR) is 130 cm³/mol. The van der Waals surface area contributed by atoms with Crippen LogP contribution in [-0.2, 0) is 6.54 Å². The molecule has 2 atom stereocenters. The quantitative estimate of drug-likeness (QED) is 0.469. The summed E-state index contributed by atoms with van der Waals surface area (Å²) in [6.07, 6.45) is 0. The van der Waals surface area contributed by atoms with Crippen molar-refractivity contribution in [2.45, 2.75) is 39.3 Å². The molecule has 1 amide bonds. The Morgan fingerprint density at radius 1 is 1.06 bits per heavy atom. The zero-order valence-electron chi connectivity index (χ0n) is 18.7. The molecule has 0 bridgehead atoms. The summed E-state index contributed by atoms with van der Waals surface area (Å²) in [7, 11) is 0. The van der Waals surface area contributed by atoms with Crippen LogP contribution in [0.15, 0.2) is 71.4 Å². The first-order chi connectivity index (χ1) is 15.0. The van der Waals surface area contributed by atoms with Gasteiger partial charge in [0, 0.05) is 43.7 Å². The Labute approximate surface area is 190 Å². The van der Waals surface area contributed by atoms with Crippen LogP contribution in [-0.4, -0.2) is 41.4 Å². The van der Waals surface area contributed by atoms with Crippen LogP contribution in [0.1, 0.15) is 46.8 Å². The molecule has 1 saturated heterocycles. The van der Waals surface area contributed by atoms with E-state index in [1.165, 1.54) is 16.7 Å². The number of benzene rings is 2. The van der Waals surface area contributed by atoms with Gasteiger partial charge in [-0.25, -0.2) is 0 Å². The lowest BCUT2D eigenvalue weighted by molar-refractivity contribution is 0.0668. The zero-order valence-corrected chi connectivity index (χ0v) is 19.5. The number of hydrogen-bond acceptors (Lipinski definition) is 3. The molecule has 0 N–H and O–H groups in total. The molecule has 0 aliphatic carbocycles. The normalized spacial score (nSPS) is 19.1. The van der Waals surface area contributed by atoms with Crippen molar-refractivity contribution in [3.8, 4) is 0 Å². The molecule has 4 rings (SSSR count). The third kappa shape index (κ3) is 5.08. The standard InChI is InChI=1S/C27H32N2OS/c1-20(2)29(27(30)23-10-5-4-6-11-23)17-24-16-28(15-22-13-14-31-19-22)18-26(24)25-12-8-7-9-21(25)3/h4-14,19-20,24,26H,15-18H2,1-3H3. The Kier molecular flexibility index (Phi) is 6.89. The summed E-state index contributed by atoms with van der Waals surface area (Å²) in [6, 6.07) is 20.8. The van der Waals surface area contributed by atoms with Crippen LogP contribution in [0.2, 0.25) is 0 Å². The Morgan fingerprint density at radius 3 is 2.48 bits per heavy atom. The molecule has 1 fully saturated rings. The van der Waals surface area contributed by atoms with Crippen molar-refractivity contribution in [3.05, 3.63) is 93.7 Å². The minimum absolute atomic E-state index is 0.135. The zero-order chi connectivity index (χ0) is 21.8. The van der Waals surface area contributed by atoms with Gasteiger partial charge in [0.1, 0.15) is 0 Å². The Balaban J connectivity index is 1.59. The van der Waals surface area contributed by atoms with Crippen LogP contribution >= 0.6 is 11.3 Å². The largest absolute Gasteiger partial charge is 0.336 e. The lowest BCUT2D eigenvalue weighted by atomic mass is 9.86. The summed E-state index contributed by atoms with van der Waals surface area (Å²) < 4.78 is 0. The molecule has 0 saturated carbocycles. The van der Waals surface area contributed by atoms with Gasteiger partial charge >= 0.3 is 0 Å². The molecule has 2 heterocycles. The van der Waals surface area contributed by atoms with Crippen molar-refractivity contribution in [3.63, 3.8) is 0 Å². The second kappa shape index (κ2) is 9.80. The van der Waals surface area contributed by atoms with E-state index in [0.29, 0.717) is 11.8 Å². The molecule has 2 aromatic carbocycles. The van der Waals surface area contributed by atoms with Gasteiger partial charge in [0.25, 0.3) is 5.91 Å². The van der Waals surface area contributed by atoms with E-state index in [-0.39, 0.29) is 11.9 Å². The number of hydrogen-bond donors (Lipinski definition) is 0. The number of aryl methyl sites for hydroxylation is 1. The van der Waals surface area contributed by atoms with Crippen LogP contribution in [0.4, 0.5) is 0 Å². The number of carbonyl (C=O) groups is 1. The summed E-state index contributed by atoms with van der Waals surface area (Å²) in [5.74, 6) is 0.981. The van der Waals surface area contributed by atoms with E-state index in [9.17, 15) is 4.79 Å². The van der Waals surface area contributed by atoms with Gasteiger partial charge < -0.3 is 4.90 Å². The second-order valence-corrected chi connectivity index (χ2v) is 9.75. The van der Waals surface area contributed by atoms with Crippen molar-refractivity contribution in [1.82, 2.24) is 9.80 Å². The van der Waals surface area contributed by atoms with Crippen molar-refractivity contribution in [2.24, 2.45) is 5.92 Å². The fourth-order valence-electron chi connectivity index (χ4n) is 4.80. The molecule has 162 valence electrons. The monoisotopic (exact) mass is 432 g/mol. The Morgan fingerprint density at radius 2 is 1.81 bits per heavy atom. The molecule has 0 spiro atoms. The van der Waals surface area contributed by atoms with E-state index < -0.39 is 0 Å². The van der Waals surface area contributed by atoms with E-state index in [4.69, 9.17) is 0 Å². The van der Waals surface area contributed by atoms with Crippen molar-refractivity contribution < 1.29 is 4.79 Å². The highest BCUT2D eigenvalue weighted by Gasteiger charge is 2.37. The second-order valence-electron chi connectivity index (χ2n) is 8.97. The van der Waals surface area contributed by atoms with Crippen LogP contribution in [0.3, 0.4) is 0 Å². The highest BCUT2D eigenvalue weighted by molar-refractivity contribution is 7.07. The first-order valence-corrected chi connectivity index (χ1v) is 12.1. The van der Waals surface area contributed by atoms with Crippen molar-refractivity contribution in [2.75, 3.05) is 19.6 Å². The fraction of sp³-hybridized carbons (Fsp3) is 0.370. The highest BCUT2D eigenvalue weighted by Crippen LogP contribution is 2.36. The Bertz CT molecular complexity index is 983. The number of carbonyl (C=O) groups excluding carboxylic acids is 1. The van der Waals surface area contributed by atoms with Crippen LogP contribution in [0, 0.1) is 12.8 Å². The van der Waals surface area contributed by atoms with Gasteiger partial charge in [-0.2, -0.15) is 11.3 Å². The maximum absolute atomic E-state index is 13.3. The molecule has 1 aromatic heterocycles. The minimum atomic E-state index is 0.135. The van der Waals surface area contributed by atoms with E-state index in [1.54, 1.807) is 11.3 Å². The predicted octanol–water partition coefficient (Wildman–Crippen LogP) is 5.82. The molecule has 2 unspecified atom stereocenters. The maximum Gasteiger partial charge on any atom is 0.254 e. The molecule has 1 aliphatic heterocycles. The summed E-state index contributed by atoms with van der Waals surface area (Å²) >= 11 is 1.76. The van der Waals surface area contributed by atoms with E-state index in [0.717, 1.165) is 31.7 Å². The summed E-state index contributed by atoms with van der Waals surface area (Å²) in [4.78, 5) is 18.0. The third-order valence-corrected chi connectivity index (χ3v) is 7.16. The molecule has 3 nitrogen and oxygen atoms in total. The maximum atomic E-state index is 13.3. The molecule has 1 aliphatic rings. The van der Waals surface area contributed by atoms with Gasteiger partial charge in [-0.05, 0) is 72.3 Å². The molecular weight excluding hydrogens is 400 g/mol. The minimum Gasteiger partial charge on any atom is -0.336 e. The van der Waals surface area contributed by atoms with Crippen LogP contribution < -0.4 is 0 Å². The first kappa shape index (κ1) is 21.8. The third-order valence-electron chi connectivity index (χ3n) is 6.43. The molecule has 4 heteroatoms. The average Bonchev–Trinajstić information content (AvgIpc) is 3.42. The number of thiophene rings is 1. The number of rotatable bonds is 7. The highest BCUT2D eigenvalue weighted by atomic mass is 32.1. The van der Waals surface area contributed by atoms with Gasteiger partial charge in [0.15, 0.2) is 0 Å². The number of likely N-dealkylation sites (tertiary alicyclic amines) is 1. The SMILES string of the molecule is Cc1ccccc1C1CN(Cc2ccsc2)CC1CN(C(=O)c1ccccc1)C(C)C. The lowest BCUT2D eigenvalue weighted by Gasteiger charge is -2.32. The van der Waals surface area contributed by atoms with Gasteiger partial charge in [-0.3, -0.25) is 9.69 Å². The Hall–Kier alpha value is -2.43. The molecule has 0 radical (unpaired) electrons. The first-order valence-electron chi connectivity index (χ1n) is 11.2. The van der Waals surface area contributed by atoms with E-state index >= 15 is 0 Å². The number of nitrogens with zero attached hydrogens (tertiary/aromatic N) is 2. The molecular formula is C27H32N2OS. The summed E-state index contributed by atoms with van der Waals surface area (Å²) in [5, 5.41) is 4.40. The van der Waals surface area contributed by atoms with Crippen LogP contribution in [0.5, 0.6) is 0 Å². The summed E-state index contributed by atoms with van der Waals surface area (Å²) in [5.41, 5.74) is 4.93. The molecule has 31 heavy (non-hydrogen) atoms. The lowest BCUT2D eigenvalue weighted by Crippen LogP contribution is -2.42. The van der Waals surface area contributed by atoms with Gasteiger partial charge in [-0.15, -0.1) is 0 Å². The van der Waals surface area contributed by atoms with Gasteiger partial charge in [0.05, 0.1) is 0 Å². The average molecular weight is 433 g/mol. The van der Waals surface area contributed by atoms with Crippen molar-refractivity contribution in [1.29, 1.82) is 0 Å². The van der Waals surface area contributed by atoms with E-state index in [1.807, 2.05) is 30.3 Å². The molecule has 3 aromatic rings. The van der Waals surface area contributed by atoms with Gasteiger partial charge in [-0.1, -0.05) is 42.5 Å². The fourth-order valence-corrected chi connectivity index (χ4v) is 5.46. The van der Waals surface area contributed by atoms with Crippen LogP contribution in [0.25, 0.3) is 0 Å². The topological polar surface area (TPSA) is 23.6 Å². The smallest absolute Gasteiger partial charge is 0.254 e. The van der Waals surface area contributed by atoms with E-state index in [2.05, 4.69) is 71.7 Å². The summed E-state index contributed by atoms with van der Waals surface area (Å²) in [6.45, 7) is 10.3. The van der Waals surface area contributed by atoms with Gasteiger partial charge in [0.2, 0.25) is 0 Å². The number of amides is 1.